The number of hydrogen-bond acceptors (Lipinski definition) is 1. The van der Waals surface area contributed by atoms with Crippen LogP contribution >= 0.6 is 0 Å². The van der Waals surface area contributed by atoms with Gasteiger partial charge in [0, 0.05) is 18.6 Å². The summed E-state index contributed by atoms with van der Waals surface area (Å²) >= 11 is 0. The summed E-state index contributed by atoms with van der Waals surface area (Å²) in [5.41, 5.74) is 1.35. The van der Waals surface area contributed by atoms with E-state index in [9.17, 15) is 4.79 Å². The van der Waals surface area contributed by atoms with Gasteiger partial charge in [0.15, 0.2) is 0 Å². The van der Waals surface area contributed by atoms with Crippen molar-refractivity contribution in [3.63, 3.8) is 0 Å². The van der Waals surface area contributed by atoms with Crippen LogP contribution in [0.5, 0.6) is 0 Å². The number of aryl methyl sites for hydroxylation is 1. The molecule has 2 aliphatic carbocycles. The van der Waals surface area contributed by atoms with Gasteiger partial charge in [-0.1, -0.05) is 68.9 Å². The Kier molecular flexibility index (Phi) is 7.20. The van der Waals surface area contributed by atoms with Gasteiger partial charge in [-0.05, 0) is 44.1 Å². The van der Waals surface area contributed by atoms with E-state index in [0.29, 0.717) is 12.1 Å². The van der Waals surface area contributed by atoms with E-state index < -0.39 is 0 Å². The molecule has 25 heavy (non-hydrogen) atoms. The van der Waals surface area contributed by atoms with Crippen LogP contribution in [0.2, 0.25) is 0 Å². The SMILES string of the molecule is O=C(NCCCc1ccccc1)N(C1CCCCC1)C1CCCCC1. The lowest BCUT2D eigenvalue weighted by molar-refractivity contribution is 0.105. The van der Waals surface area contributed by atoms with E-state index in [1.165, 1.54) is 69.8 Å². The van der Waals surface area contributed by atoms with Crippen molar-refractivity contribution in [2.45, 2.75) is 89.1 Å². The van der Waals surface area contributed by atoms with Crippen LogP contribution in [0.3, 0.4) is 0 Å². The number of nitrogens with one attached hydrogen (secondary N) is 1. The highest BCUT2D eigenvalue weighted by Crippen LogP contribution is 2.30. The number of amides is 2. The van der Waals surface area contributed by atoms with Crippen molar-refractivity contribution in [3.05, 3.63) is 35.9 Å². The Morgan fingerprint density at radius 3 is 2.00 bits per heavy atom. The molecule has 2 fully saturated rings. The van der Waals surface area contributed by atoms with Gasteiger partial charge in [-0.25, -0.2) is 4.79 Å². The summed E-state index contributed by atoms with van der Waals surface area (Å²) < 4.78 is 0. The zero-order chi connectivity index (χ0) is 17.3. The van der Waals surface area contributed by atoms with Gasteiger partial charge < -0.3 is 10.2 Å². The molecule has 3 rings (SSSR count). The molecule has 0 unspecified atom stereocenters. The van der Waals surface area contributed by atoms with E-state index in [-0.39, 0.29) is 6.03 Å². The second-order valence-electron chi connectivity index (χ2n) is 7.81. The molecule has 1 aromatic rings. The maximum absolute atomic E-state index is 13.0. The highest BCUT2D eigenvalue weighted by atomic mass is 16.2. The van der Waals surface area contributed by atoms with Crippen molar-refractivity contribution in [2.75, 3.05) is 6.54 Å². The lowest BCUT2D eigenvalue weighted by atomic mass is 9.89. The molecule has 0 bridgehead atoms. The Hall–Kier alpha value is -1.51. The van der Waals surface area contributed by atoms with Gasteiger partial charge in [-0.3, -0.25) is 0 Å². The third kappa shape index (κ3) is 5.49. The third-order valence-electron chi connectivity index (χ3n) is 5.93. The topological polar surface area (TPSA) is 32.3 Å². The molecule has 3 nitrogen and oxygen atoms in total. The Balaban J connectivity index is 1.51. The average molecular weight is 343 g/mol. The highest BCUT2D eigenvalue weighted by Gasteiger charge is 2.32. The molecule has 2 aliphatic rings. The van der Waals surface area contributed by atoms with Crippen molar-refractivity contribution in [1.82, 2.24) is 10.2 Å². The van der Waals surface area contributed by atoms with Gasteiger partial charge in [-0.2, -0.15) is 0 Å². The predicted molar refractivity (Wildman–Crippen MR) is 104 cm³/mol. The van der Waals surface area contributed by atoms with Gasteiger partial charge >= 0.3 is 6.03 Å². The molecule has 3 heteroatoms. The normalized spacial score (nSPS) is 19.5. The summed E-state index contributed by atoms with van der Waals surface area (Å²) in [4.78, 5) is 15.2. The molecular formula is C22H34N2O. The Morgan fingerprint density at radius 2 is 1.44 bits per heavy atom. The van der Waals surface area contributed by atoms with Crippen molar-refractivity contribution in [3.8, 4) is 0 Å². The first-order valence-corrected chi connectivity index (χ1v) is 10.4. The molecule has 0 aliphatic heterocycles. The first-order chi connectivity index (χ1) is 12.3. The average Bonchev–Trinajstić information content (AvgIpc) is 2.68. The van der Waals surface area contributed by atoms with Gasteiger partial charge in [0.25, 0.3) is 0 Å². The first-order valence-electron chi connectivity index (χ1n) is 10.4. The van der Waals surface area contributed by atoms with Crippen LogP contribution in [0.15, 0.2) is 30.3 Å². The van der Waals surface area contributed by atoms with E-state index >= 15 is 0 Å². The number of carbonyl (C=O) groups excluding carboxylic acids is 1. The third-order valence-corrected chi connectivity index (χ3v) is 5.93. The first kappa shape index (κ1) is 18.3. The van der Waals surface area contributed by atoms with Crippen LogP contribution < -0.4 is 5.32 Å². The van der Waals surface area contributed by atoms with Crippen molar-refractivity contribution >= 4 is 6.03 Å². The van der Waals surface area contributed by atoms with Crippen LogP contribution in [-0.4, -0.2) is 29.6 Å². The number of carbonyl (C=O) groups is 1. The molecule has 0 atom stereocenters. The van der Waals surface area contributed by atoms with Crippen LogP contribution in [0.4, 0.5) is 4.79 Å². The quantitative estimate of drug-likeness (QED) is 0.699. The molecule has 0 heterocycles. The van der Waals surface area contributed by atoms with Gasteiger partial charge in [0.1, 0.15) is 0 Å². The number of nitrogens with zero attached hydrogens (tertiary/aromatic N) is 1. The Labute approximate surface area is 153 Å². The minimum atomic E-state index is 0.201. The summed E-state index contributed by atoms with van der Waals surface area (Å²) in [6.07, 6.45) is 14.7. The summed E-state index contributed by atoms with van der Waals surface area (Å²) in [6, 6.07) is 11.7. The standard InChI is InChI=1S/C22H34N2O/c25-22(23-18-10-13-19-11-4-1-5-12-19)24(20-14-6-2-7-15-20)21-16-8-3-9-17-21/h1,4-5,11-12,20-21H,2-3,6-10,13-18H2,(H,23,25). The largest absolute Gasteiger partial charge is 0.338 e. The smallest absolute Gasteiger partial charge is 0.317 e. The molecule has 2 amide bonds. The van der Waals surface area contributed by atoms with Crippen molar-refractivity contribution in [1.29, 1.82) is 0 Å². The number of benzene rings is 1. The molecule has 1 aromatic carbocycles. The summed E-state index contributed by atoms with van der Waals surface area (Å²) in [6.45, 7) is 0.781. The van der Waals surface area contributed by atoms with Gasteiger partial charge in [0.2, 0.25) is 0 Å². The molecule has 0 aromatic heterocycles. The molecule has 138 valence electrons. The van der Waals surface area contributed by atoms with E-state index in [4.69, 9.17) is 0 Å². The maximum atomic E-state index is 13.0. The fourth-order valence-electron chi connectivity index (χ4n) is 4.57. The number of rotatable bonds is 6. The maximum Gasteiger partial charge on any atom is 0.317 e. The van der Waals surface area contributed by atoms with Crippen LogP contribution in [-0.2, 0) is 6.42 Å². The monoisotopic (exact) mass is 342 g/mol. The molecule has 0 saturated heterocycles. The van der Waals surface area contributed by atoms with E-state index in [1.807, 2.05) is 0 Å². The fourth-order valence-corrected chi connectivity index (χ4v) is 4.57. The number of urea groups is 1. The summed E-state index contributed by atoms with van der Waals surface area (Å²) in [7, 11) is 0. The Morgan fingerprint density at radius 1 is 0.880 bits per heavy atom. The fraction of sp³-hybridized carbons (Fsp3) is 0.682. The molecule has 0 radical (unpaired) electrons. The second-order valence-corrected chi connectivity index (χ2v) is 7.81. The summed E-state index contributed by atoms with van der Waals surface area (Å²) in [5.74, 6) is 0. The lowest BCUT2D eigenvalue weighted by Crippen LogP contribution is -2.52. The molecule has 1 N–H and O–H groups in total. The van der Waals surface area contributed by atoms with Gasteiger partial charge in [-0.15, -0.1) is 0 Å². The highest BCUT2D eigenvalue weighted by molar-refractivity contribution is 5.75. The zero-order valence-corrected chi connectivity index (χ0v) is 15.6. The van der Waals surface area contributed by atoms with Crippen LogP contribution in [0.1, 0.15) is 76.2 Å². The minimum Gasteiger partial charge on any atom is -0.338 e. The molecule has 2 saturated carbocycles. The summed E-state index contributed by atoms with van der Waals surface area (Å²) in [5, 5.41) is 3.23. The lowest BCUT2D eigenvalue weighted by Gasteiger charge is -2.41. The van der Waals surface area contributed by atoms with E-state index in [2.05, 4.69) is 40.5 Å². The van der Waals surface area contributed by atoms with Crippen molar-refractivity contribution < 1.29 is 4.79 Å². The molecular weight excluding hydrogens is 308 g/mol. The van der Waals surface area contributed by atoms with E-state index in [1.54, 1.807) is 0 Å². The number of hydrogen-bond donors (Lipinski definition) is 1. The minimum absolute atomic E-state index is 0.201. The Bertz CT molecular complexity index is 486. The second kappa shape index (κ2) is 9.84. The predicted octanol–water partition coefficient (Wildman–Crippen LogP) is 5.30. The molecule has 0 spiro atoms. The van der Waals surface area contributed by atoms with Crippen molar-refractivity contribution in [2.24, 2.45) is 0 Å². The van der Waals surface area contributed by atoms with Crippen LogP contribution in [0, 0.1) is 0 Å². The van der Waals surface area contributed by atoms with E-state index in [0.717, 1.165) is 19.4 Å². The zero-order valence-electron chi connectivity index (χ0n) is 15.6. The van der Waals surface area contributed by atoms with Gasteiger partial charge in [0.05, 0.1) is 0 Å². The van der Waals surface area contributed by atoms with Crippen LogP contribution in [0.25, 0.3) is 0 Å².